The molecule has 1 atom stereocenters. The molecule has 0 amide bonds. The van der Waals surface area contributed by atoms with E-state index >= 15 is 0 Å². The zero-order valence-corrected chi connectivity index (χ0v) is 16.7. The second kappa shape index (κ2) is 7.01. The maximum absolute atomic E-state index is 13.0. The average molecular weight is 434 g/mol. The van der Waals surface area contributed by atoms with E-state index in [1.165, 1.54) is 19.2 Å². The van der Waals surface area contributed by atoms with E-state index in [-0.39, 0.29) is 29.2 Å². The van der Waals surface area contributed by atoms with Gasteiger partial charge in [0.25, 0.3) is 0 Å². The van der Waals surface area contributed by atoms with Crippen LogP contribution in [0, 0.1) is 11.8 Å². The fraction of sp³-hybridized carbons (Fsp3) is 0.429. The van der Waals surface area contributed by atoms with Crippen LogP contribution in [-0.4, -0.2) is 45.3 Å². The lowest BCUT2D eigenvalue weighted by molar-refractivity contribution is -0.274. The van der Waals surface area contributed by atoms with Gasteiger partial charge in [0, 0.05) is 30.0 Å². The van der Waals surface area contributed by atoms with Crippen molar-refractivity contribution >= 4 is 11.5 Å². The van der Waals surface area contributed by atoms with Gasteiger partial charge in [-0.2, -0.15) is 0 Å². The van der Waals surface area contributed by atoms with Crippen LogP contribution in [0.5, 0.6) is 11.5 Å². The van der Waals surface area contributed by atoms with Crippen LogP contribution < -0.4 is 14.8 Å². The first-order chi connectivity index (χ1) is 14.8. The quantitative estimate of drug-likeness (QED) is 0.613. The number of hydrogen-bond donors (Lipinski definition) is 2. The van der Waals surface area contributed by atoms with Crippen molar-refractivity contribution in [1.82, 2.24) is 14.6 Å². The summed E-state index contributed by atoms with van der Waals surface area (Å²) in [4.78, 5) is 0. The maximum Gasteiger partial charge on any atom is 0.573 e. The number of aliphatic hydroxyl groups is 1. The Bertz CT molecular complexity index is 1120. The normalized spacial score (nSPS) is 24.8. The highest BCUT2D eigenvalue weighted by molar-refractivity contribution is 5.82. The van der Waals surface area contributed by atoms with Crippen LogP contribution >= 0.6 is 0 Å². The molecule has 6 rings (SSSR count). The molecule has 164 valence electrons. The second-order valence-corrected chi connectivity index (χ2v) is 8.27. The highest BCUT2D eigenvalue weighted by atomic mass is 19.4. The van der Waals surface area contributed by atoms with Crippen molar-refractivity contribution < 1.29 is 27.8 Å². The van der Waals surface area contributed by atoms with Crippen LogP contribution in [-0.2, 0) is 0 Å². The SMILES string of the molecule is COc1ccc(-c2nnc(NC34CC(C3)[C@@H](CO)C4)n3cccc23)c(OC(F)(F)F)c1. The molecule has 3 fully saturated rings. The first kappa shape index (κ1) is 19.9. The zero-order chi connectivity index (χ0) is 21.8. The van der Waals surface area contributed by atoms with Gasteiger partial charge in [0.1, 0.15) is 17.2 Å². The molecular formula is C21H21F3N4O3. The Morgan fingerprint density at radius 1 is 1.23 bits per heavy atom. The summed E-state index contributed by atoms with van der Waals surface area (Å²) >= 11 is 0. The molecule has 2 bridgehead atoms. The van der Waals surface area contributed by atoms with Crippen LogP contribution in [0.25, 0.3) is 16.8 Å². The zero-order valence-electron chi connectivity index (χ0n) is 16.7. The van der Waals surface area contributed by atoms with Crippen molar-refractivity contribution in [3.63, 3.8) is 0 Å². The van der Waals surface area contributed by atoms with Crippen molar-refractivity contribution in [2.24, 2.45) is 11.8 Å². The van der Waals surface area contributed by atoms with E-state index in [0.717, 1.165) is 19.3 Å². The third kappa shape index (κ3) is 3.44. The summed E-state index contributed by atoms with van der Waals surface area (Å²) in [6.45, 7) is 0.178. The lowest BCUT2D eigenvalue weighted by Gasteiger charge is -2.39. The number of rotatable bonds is 6. The van der Waals surface area contributed by atoms with E-state index in [0.29, 0.717) is 23.3 Å². The molecule has 3 aromatic rings. The molecule has 3 aliphatic carbocycles. The Morgan fingerprint density at radius 2 is 2.03 bits per heavy atom. The standard InChI is InChI=1S/C21H21F3N4O3/c1-30-14-4-5-15(17(7-14)31-21(22,23)24)18-16-3-2-6-28(16)19(27-26-18)25-20-8-12(9-20)13(10-20)11-29/h2-7,12-13,29H,8-11H2,1H3,(H,25,27)/t12?,13-,20?/m1/s1. The molecule has 0 spiro atoms. The van der Waals surface area contributed by atoms with E-state index in [1.54, 1.807) is 28.8 Å². The maximum atomic E-state index is 13.0. The smallest absolute Gasteiger partial charge is 0.497 e. The molecule has 2 aromatic heterocycles. The number of hydrogen-bond acceptors (Lipinski definition) is 6. The number of halogens is 3. The number of fused-ring (bicyclic) bond motifs is 2. The second-order valence-electron chi connectivity index (χ2n) is 8.27. The lowest BCUT2D eigenvalue weighted by Crippen LogP contribution is -2.43. The van der Waals surface area contributed by atoms with E-state index in [9.17, 15) is 18.3 Å². The Labute approximate surface area is 175 Å². The van der Waals surface area contributed by atoms with Crippen LogP contribution in [0.3, 0.4) is 0 Å². The van der Waals surface area contributed by atoms with Crippen LogP contribution in [0.1, 0.15) is 19.3 Å². The van der Waals surface area contributed by atoms with Gasteiger partial charge in [-0.15, -0.1) is 23.4 Å². The van der Waals surface area contributed by atoms with E-state index < -0.39 is 12.1 Å². The van der Waals surface area contributed by atoms with Crippen molar-refractivity contribution in [3.05, 3.63) is 36.5 Å². The Morgan fingerprint density at radius 3 is 2.71 bits per heavy atom. The average Bonchev–Trinajstić information content (AvgIpc) is 3.40. The van der Waals surface area contributed by atoms with Crippen molar-refractivity contribution in [2.75, 3.05) is 19.0 Å². The number of aliphatic hydroxyl groups excluding tert-OH is 1. The molecule has 31 heavy (non-hydrogen) atoms. The first-order valence-electron chi connectivity index (χ1n) is 9.98. The number of nitrogens with one attached hydrogen (secondary N) is 1. The topological polar surface area (TPSA) is 80.9 Å². The largest absolute Gasteiger partial charge is 0.573 e. The molecule has 2 N–H and O–H groups in total. The Kier molecular flexibility index (Phi) is 4.51. The van der Waals surface area contributed by atoms with Gasteiger partial charge in [0.15, 0.2) is 0 Å². The van der Waals surface area contributed by atoms with Gasteiger partial charge in [0.05, 0.1) is 12.6 Å². The fourth-order valence-corrected chi connectivity index (χ4v) is 4.98. The highest BCUT2D eigenvalue weighted by Crippen LogP contribution is 2.56. The van der Waals surface area contributed by atoms with Gasteiger partial charge in [-0.3, -0.25) is 4.40 Å². The van der Waals surface area contributed by atoms with Gasteiger partial charge in [-0.1, -0.05) is 0 Å². The minimum Gasteiger partial charge on any atom is -0.497 e. The molecule has 0 saturated heterocycles. The van der Waals surface area contributed by atoms with Gasteiger partial charge in [0.2, 0.25) is 5.95 Å². The predicted molar refractivity (Wildman–Crippen MR) is 106 cm³/mol. The summed E-state index contributed by atoms with van der Waals surface area (Å²) in [6, 6.07) is 7.75. The van der Waals surface area contributed by atoms with Crippen LogP contribution in [0.2, 0.25) is 0 Å². The molecule has 2 heterocycles. The van der Waals surface area contributed by atoms with Gasteiger partial charge in [-0.05, 0) is 55.4 Å². The first-order valence-corrected chi connectivity index (χ1v) is 9.98. The third-order valence-corrected chi connectivity index (χ3v) is 6.37. The summed E-state index contributed by atoms with van der Waals surface area (Å²) in [6.07, 6.45) is -0.282. The number of ether oxygens (including phenoxy) is 2. The van der Waals surface area contributed by atoms with E-state index in [1.807, 2.05) is 0 Å². The van der Waals surface area contributed by atoms with E-state index in [2.05, 4.69) is 20.3 Å². The number of anilines is 1. The number of alkyl halides is 3. The monoisotopic (exact) mass is 434 g/mol. The lowest BCUT2D eigenvalue weighted by atomic mass is 9.76. The molecule has 3 aliphatic rings. The van der Waals surface area contributed by atoms with Crippen molar-refractivity contribution in [3.8, 4) is 22.8 Å². The van der Waals surface area contributed by atoms with E-state index in [4.69, 9.17) is 4.74 Å². The third-order valence-electron chi connectivity index (χ3n) is 6.37. The molecule has 0 aliphatic heterocycles. The molecule has 0 radical (unpaired) electrons. The summed E-state index contributed by atoms with van der Waals surface area (Å²) in [5.41, 5.74) is 0.902. The summed E-state index contributed by atoms with van der Waals surface area (Å²) in [7, 11) is 1.37. The van der Waals surface area contributed by atoms with Crippen molar-refractivity contribution in [1.29, 1.82) is 0 Å². The number of benzene rings is 1. The van der Waals surface area contributed by atoms with Gasteiger partial charge < -0.3 is 19.9 Å². The Hall–Kier alpha value is -3.01. The van der Waals surface area contributed by atoms with Gasteiger partial charge >= 0.3 is 6.36 Å². The highest BCUT2D eigenvalue weighted by Gasteiger charge is 2.56. The number of methoxy groups -OCH3 is 1. The molecule has 10 heteroatoms. The molecule has 0 unspecified atom stereocenters. The number of nitrogens with zero attached hydrogens (tertiary/aromatic N) is 3. The molecule has 1 aromatic carbocycles. The molecular weight excluding hydrogens is 413 g/mol. The molecule has 7 nitrogen and oxygen atoms in total. The number of aromatic nitrogens is 3. The Balaban J connectivity index is 1.53. The molecule has 3 saturated carbocycles. The summed E-state index contributed by atoms with van der Waals surface area (Å²) in [5.74, 6) is 1.16. The van der Waals surface area contributed by atoms with Gasteiger partial charge in [-0.25, -0.2) is 0 Å². The van der Waals surface area contributed by atoms with Crippen molar-refractivity contribution in [2.45, 2.75) is 31.2 Å². The fourth-order valence-electron chi connectivity index (χ4n) is 4.98. The predicted octanol–water partition coefficient (Wildman–Crippen LogP) is 3.88. The summed E-state index contributed by atoms with van der Waals surface area (Å²) < 4.78 is 50.0. The minimum absolute atomic E-state index is 0.115. The minimum atomic E-state index is -4.86. The van der Waals surface area contributed by atoms with Crippen LogP contribution in [0.15, 0.2) is 36.5 Å². The summed E-state index contributed by atoms with van der Waals surface area (Å²) in [5, 5.41) is 21.5. The van der Waals surface area contributed by atoms with Crippen LogP contribution in [0.4, 0.5) is 19.1 Å².